The number of piperidine rings is 1. The first-order valence-corrected chi connectivity index (χ1v) is 15.1. The minimum atomic E-state index is -0.276. The van der Waals surface area contributed by atoms with E-state index in [0.29, 0.717) is 26.1 Å². The third-order valence-electron chi connectivity index (χ3n) is 9.37. The molecule has 3 fully saturated rings. The molecule has 1 aliphatic carbocycles. The number of ether oxygens (including phenoxy) is 1. The van der Waals surface area contributed by atoms with E-state index in [1.807, 2.05) is 40.1 Å². The number of hydrogen-bond donors (Lipinski definition) is 0. The van der Waals surface area contributed by atoms with Crippen molar-refractivity contribution >= 4 is 48.4 Å². The largest absolute Gasteiger partial charge is 0.379 e. The van der Waals surface area contributed by atoms with Crippen molar-refractivity contribution in [1.29, 1.82) is 0 Å². The Labute approximate surface area is 262 Å². The zero-order valence-corrected chi connectivity index (χ0v) is 26.0. The second-order valence-corrected chi connectivity index (χ2v) is 11.8. The first kappa shape index (κ1) is 32.5. The van der Waals surface area contributed by atoms with Gasteiger partial charge in [-0.05, 0) is 62.2 Å². The molecule has 1 spiro atoms. The predicted molar refractivity (Wildman–Crippen MR) is 173 cm³/mol. The molecule has 0 radical (unpaired) electrons. The number of carbonyl (C=O) groups excluding carboxylic acids is 2. The van der Waals surface area contributed by atoms with Gasteiger partial charge in [-0.1, -0.05) is 54.6 Å². The summed E-state index contributed by atoms with van der Waals surface area (Å²) in [5.41, 5.74) is 3.98. The highest BCUT2D eigenvalue weighted by atomic mass is 35.5. The highest BCUT2D eigenvalue weighted by Crippen LogP contribution is 2.43. The van der Waals surface area contributed by atoms with Crippen LogP contribution in [0.25, 0.3) is 6.08 Å². The van der Waals surface area contributed by atoms with E-state index in [1.165, 1.54) is 11.1 Å². The van der Waals surface area contributed by atoms with Crippen molar-refractivity contribution in [3.8, 4) is 0 Å². The number of carbonyl (C=O) groups is 2. The summed E-state index contributed by atoms with van der Waals surface area (Å²) in [5, 5.41) is 0. The average molecular weight is 616 g/mol. The maximum absolute atomic E-state index is 13.8. The van der Waals surface area contributed by atoms with Gasteiger partial charge in [-0.3, -0.25) is 14.5 Å². The second-order valence-electron chi connectivity index (χ2n) is 11.8. The molecule has 0 aromatic heterocycles. The molecule has 0 saturated carbocycles. The predicted octanol–water partition coefficient (Wildman–Crippen LogP) is 4.49. The van der Waals surface area contributed by atoms with Gasteiger partial charge in [-0.2, -0.15) is 0 Å². The summed E-state index contributed by atoms with van der Waals surface area (Å²) in [6.45, 7) is 9.19. The topological polar surface area (TPSA) is 56.3 Å². The standard InChI is InChI=1S/C33H42N4O3.2ClH/c38-31-25-28(26-36(31)20-19-35-21-23-40-24-22-35)32(39)37(29-8-2-1-3-9-29)16-6-15-34-17-13-33(14-18-34)12-11-27-7-4-5-10-30(27)33;;/h1-5,7-12,28H,6,13-26H2;2*1H. The van der Waals surface area contributed by atoms with Crippen LogP contribution in [0, 0.1) is 5.92 Å². The van der Waals surface area contributed by atoms with Crippen LogP contribution >= 0.6 is 24.8 Å². The number of anilines is 1. The van der Waals surface area contributed by atoms with Crippen molar-refractivity contribution in [1.82, 2.24) is 14.7 Å². The van der Waals surface area contributed by atoms with Crippen LogP contribution in [-0.2, 0) is 19.7 Å². The number of halogens is 2. The van der Waals surface area contributed by atoms with Gasteiger partial charge in [0.05, 0.1) is 19.1 Å². The molecule has 1 unspecified atom stereocenters. The van der Waals surface area contributed by atoms with E-state index in [-0.39, 0.29) is 48.0 Å². The van der Waals surface area contributed by atoms with Crippen LogP contribution in [0.2, 0.25) is 0 Å². The van der Waals surface area contributed by atoms with Gasteiger partial charge in [0.15, 0.2) is 0 Å². The van der Waals surface area contributed by atoms with Crippen molar-refractivity contribution in [2.45, 2.75) is 31.1 Å². The molecule has 7 nitrogen and oxygen atoms in total. The summed E-state index contributed by atoms with van der Waals surface area (Å²) < 4.78 is 5.44. The van der Waals surface area contributed by atoms with Crippen molar-refractivity contribution in [2.75, 3.05) is 77.0 Å². The average Bonchev–Trinajstić information content (AvgIpc) is 3.56. The molecule has 2 aromatic rings. The molecular formula is C33H44Cl2N4O3. The minimum absolute atomic E-state index is 0. The monoisotopic (exact) mass is 614 g/mol. The van der Waals surface area contributed by atoms with Crippen LogP contribution in [0.15, 0.2) is 60.7 Å². The normalized spacial score (nSPS) is 21.6. The lowest BCUT2D eigenvalue weighted by atomic mass is 9.74. The van der Waals surface area contributed by atoms with Gasteiger partial charge in [0.25, 0.3) is 0 Å². The lowest BCUT2D eigenvalue weighted by molar-refractivity contribution is -0.128. The van der Waals surface area contributed by atoms with Crippen molar-refractivity contribution in [3.05, 3.63) is 71.8 Å². The number of rotatable bonds is 9. The van der Waals surface area contributed by atoms with E-state index in [1.54, 1.807) is 0 Å². The summed E-state index contributed by atoms with van der Waals surface area (Å²) in [5.74, 6) is -0.0930. The molecule has 228 valence electrons. The van der Waals surface area contributed by atoms with E-state index in [4.69, 9.17) is 4.74 Å². The number of benzene rings is 2. The third-order valence-corrected chi connectivity index (χ3v) is 9.37. The number of likely N-dealkylation sites (tertiary alicyclic amines) is 2. The fraction of sp³-hybridized carbons (Fsp3) is 0.515. The van der Waals surface area contributed by atoms with E-state index in [9.17, 15) is 9.59 Å². The molecule has 3 saturated heterocycles. The van der Waals surface area contributed by atoms with E-state index >= 15 is 0 Å². The molecule has 3 aliphatic heterocycles. The Morgan fingerprint density at radius 3 is 2.33 bits per heavy atom. The Bertz CT molecular complexity index is 1210. The second kappa shape index (κ2) is 14.8. The quantitative estimate of drug-likeness (QED) is 0.416. The highest BCUT2D eigenvalue weighted by molar-refractivity contribution is 5.99. The minimum Gasteiger partial charge on any atom is -0.379 e. The van der Waals surface area contributed by atoms with Gasteiger partial charge in [0.1, 0.15) is 0 Å². The van der Waals surface area contributed by atoms with Gasteiger partial charge >= 0.3 is 0 Å². The van der Waals surface area contributed by atoms with E-state index < -0.39 is 0 Å². The molecule has 1 atom stereocenters. The number of morpholine rings is 1. The molecule has 0 N–H and O–H groups in total. The molecule has 0 bridgehead atoms. The molecule has 3 heterocycles. The van der Waals surface area contributed by atoms with Crippen molar-refractivity contribution in [2.24, 2.45) is 5.92 Å². The maximum atomic E-state index is 13.8. The third kappa shape index (κ3) is 7.20. The highest BCUT2D eigenvalue weighted by Gasteiger charge is 2.39. The van der Waals surface area contributed by atoms with Gasteiger partial charge in [0, 0.05) is 56.8 Å². The van der Waals surface area contributed by atoms with Crippen LogP contribution in [0.1, 0.15) is 36.8 Å². The number of fused-ring (bicyclic) bond motifs is 2. The van der Waals surface area contributed by atoms with Crippen LogP contribution < -0.4 is 4.90 Å². The van der Waals surface area contributed by atoms with Gasteiger partial charge < -0.3 is 19.4 Å². The number of nitrogens with zero attached hydrogens (tertiary/aromatic N) is 4. The summed E-state index contributed by atoms with van der Waals surface area (Å²) in [6.07, 6.45) is 8.25. The first-order valence-electron chi connectivity index (χ1n) is 15.1. The van der Waals surface area contributed by atoms with Crippen LogP contribution in [0.5, 0.6) is 0 Å². The fourth-order valence-electron chi connectivity index (χ4n) is 6.93. The summed E-state index contributed by atoms with van der Waals surface area (Å²) >= 11 is 0. The molecule has 2 amide bonds. The summed E-state index contributed by atoms with van der Waals surface area (Å²) in [4.78, 5) is 35.4. The smallest absolute Gasteiger partial charge is 0.232 e. The number of amides is 2. The maximum Gasteiger partial charge on any atom is 0.232 e. The van der Waals surface area contributed by atoms with Crippen molar-refractivity contribution < 1.29 is 14.3 Å². The lowest BCUT2D eigenvalue weighted by Gasteiger charge is -2.39. The van der Waals surface area contributed by atoms with Crippen LogP contribution in [0.4, 0.5) is 5.69 Å². The van der Waals surface area contributed by atoms with Gasteiger partial charge in [0.2, 0.25) is 11.8 Å². The number of hydrogen-bond acceptors (Lipinski definition) is 5. The number of allylic oxidation sites excluding steroid dienone is 1. The molecule has 4 aliphatic rings. The van der Waals surface area contributed by atoms with E-state index in [0.717, 1.165) is 77.4 Å². The lowest BCUT2D eigenvalue weighted by Crippen LogP contribution is -2.43. The van der Waals surface area contributed by atoms with Gasteiger partial charge in [-0.15, -0.1) is 24.8 Å². The van der Waals surface area contributed by atoms with Gasteiger partial charge in [-0.25, -0.2) is 0 Å². The molecule has 9 heteroatoms. The molecule has 2 aromatic carbocycles. The van der Waals surface area contributed by atoms with Crippen LogP contribution in [0.3, 0.4) is 0 Å². The fourth-order valence-corrected chi connectivity index (χ4v) is 6.93. The zero-order chi connectivity index (χ0) is 27.4. The van der Waals surface area contributed by atoms with Crippen LogP contribution in [-0.4, -0.2) is 98.6 Å². The Balaban J connectivity index is 0.00000202. The Kier molecular flexibility index (Phi) is 11.5. The van der Waals surface area contributed by atoms with Crippen molar-refractivity contribution in [3.63, 3.8) is 0 Å². The SMILES string of the molecule is Cl.Cl.O=C1CC(C(=O)N(CCCN2CCC3(C=Cc4ccccc43)CC2)c2ccccc2)CN1CCN1CCOCC1. The summed E-state index contributed by atoms with van der Waals surface area (Å²) in [6, 6.07) is 18.8. The summed E-state index contributed by atoms with van der Waals surface area (Å²) in [7, 11) is 0. The van der Waals surface area contributed by atoms with E-state index in [2.05, 4.69) is 46.2 Å². The number of para-hydroxylation sites is 1. The Morgan fingerprint density at radius 2 is 1.57 bits per heavy atom. The molecule has 6 rings (SSSR count). The Hall–Kier alpha value is -2.42. The molecular weight excluding hydrogens is 571 g/mol. The Morgan fingerprint density at radius 1 is 0.881 bits per heavy atom. The zero-order valence-electron chi connectivity index (χ0n) is 24.4. The molecule has 42 heavy (non-hydrogen) atoms. The first-order chi connectivity index (χ1) is 19.6.